The molecule has 1 rings (SSSR count). The van der Waals surface area contributed by atoms with Gasteiger partial charge in [0.2, 0.25) is 0 Å². The van der Waals surface area contributed by atoms with Crippen molar-refractivity contribution in [1.29, 1.82) is 0 Å². The third kappa shape index (κ3) is 4.73. The summed E-state index contributed by atoms with van der Waals surface area (Å²) in [6.07, 6.45) is 1.54. The Morgan fingerprint density at radius 2 is 1.95 bits per heavy atom. The summed E-state index contributed by atoms with van der Waals surface area (Å²) in [6.45, 7) is 10.1. The van der Waals surface area contributed by atoms with Crippen LogP contribution in [0.4, 0.5) is 4.79 Å². The molecule has 0 aliphatic rings. The van der Waals surface area contributed by atoms with E-state index in [1.165, 1.54) is 0 Å². The molecule has 1 aromatic heterocycles. The molecular formula is C16H30N4O2. The van der Waals surface area contributed by atoms with Crippen LogP contribution in [0.1, 0.15) is 56.6 Å². The summed E-state index contributed by atoms with van der Waals surface area (Å²) >= 11 is 0. The lowest BCUT2D eigenvalue weighted by atomic mass is 10.0. The number of rotatable bonds is 7. The summed E-state index contributed by atoms with van der Waals surface area (Å²) < 4.78 is 1.84. The van der Waals surface area contributed by atoms with Gasteiger partial charge in [-0.1, -0.05) is 20.8 Å². The van der Waals surface area contributed by atoms with Crippen molar-refractivity contribution >= 4 is 6.03 Å². The van der Waals surface area contributed by atoms with Gasteiger partial charge in [0.1, 0.15) is 0 Å². The number of amides is 2. The highest BCUT2D eigenvalue weighted by atomic mass is 16.3. The third-order valence-corrected chi connectivity index (χ3v) is 3.94. The monoisotopic (exact) mass is 310 g/mol. The van der Waals surface area contributed by atoms with Crippen LogP contribution in [0.3, 0.4) is 0 Å². The van der Waals surface area contributed by atoms with Crippen molar-refractivity contribution in [2.75, 3.05) is 6.61 Å². The Kier molecular flexibility index (Phi) is 6.87. The highest BCUT2D eigenvalue weighted by molar-refractivity contribution is 5.74. The van der Waals surface area contributed by atoms with Crippen LogP contribution < -0.4 is 10.6 Å². The maximum Gasteiger partial charge on any atom is 0.315 e. The third-order valence-electron chi connectivity index (χ3n) is 3.94. The number of hydrogen-bond donors (Lipinski definition) is 3. The van der Waals surface area contributed by atoms with Crippen LogP contribution in [0, 0.1) is 19.8 Å². The standard InChI is InChI=1S/C16H30N4O2/c1-7-14(15-11(4)19-20(6)12(15)5)18-16(22)17-13(9-21)8-10(2)3/h10,13-14,21H,7-9H2,1-6H3,(H2,17,18,22). The molecule has 6 heteroatoms. The van der Waals surface area contributed by atoms with Gasteiger partial charge in [-0.2, -0.15) is 5.10 Å². The normalized spacial score (nSPS) is 14.0. The van der Waals surface area contributed by atoms with E-state index in [2.05, 4.69) is 29.6 Å². The number of nitrogens with zero attached hydrogens (tertiary/aromatic N) is 2. The molecule has 1 heterocycles. The molecule has 2 atom stereocenters. The molecule has 2 amide bonds. The minimum Gasteiger partial charge on any atom is -0.394 e. The fourth-order valence-corrected chi connectivity index (χ4v) is 2.81. The maximum absolute atomic E-state index is 12.2. The molecule has 3 N–H and O–H groups in total. The van der Waals surface area contributed by atoms with Crippen molar-refractivity contribution in [3.63, 3.8) is 0 Å². The van der Waals surface area contributed by atoms with E-state index in [-0.39, 0.29) is 24.7 Å². The Hall–Kier alpha value is -1.56. The SMILES string of the molecule is CCC(NC(=O)NC(CO)CC(C)C)c1c(C)nn(C)c1C. The molecule has 0 aliphatic carbocycles. The predicted molar refractivity (Wildman–Crippen MR) is 87.7 cm³/mol. The quantitative estimate of drug-likeness (QED) is 0.722. The molecule has 126 valence electrons. The highest BCUT2D eigenvalue weighted by Gasteiger charge is 2.21. The summed E-state index contributed by atoms with van der Waals surface area (Å²) in [5.74, 6) is 0.419. The van der Waals surface area contributed by atoms with Gasteiger partial charge in [-0.25, -0.2) is 4.79 Å². The summed E-state index contributed by atoms with van der Waals surface area (Å²) in [4.78, 5) is 12.2. The Balaban J connectivity index is 2.75. The number of aromatic nitrogens is 2. The number of aryl methyl sites for hydroxylation is 2. The smallest absolute Gasteiger partial charge is 0.315 e. The van der Waals surface area contributed by atoms with E-state index < -0.39 is 0 Å². The Labute approximate surface area is 133 Å². The molecule has 0 aliphatic heterocycles. The first kappa shape index (κ1) is 18.5. The summed E-state index contributed by atoms with van der Waals surface area (Å²) in [6, 6.07) is -0.533. The molecule has 1 aromatic rings. The number of carbonyl (C=O) groups is 1. The number of aliphatic hydroxyl groups excluding tert-OH is 1. The zero-order valence-electron chi connectivity index (χ0n) is 14.6. The van der Waals surface area contributed by atoms with Gasteiger partial charge in [-0.15, -0.1) is 0 Å². The zero-order chi connectivity index (χ0) is 16.9. The number of urea groups is 1. The predicted octanol–water partition coefficient (Wildman–Crippen LogP) is 2.19. The van der Waals surface area contributed by atoms with E-state index in [4.69, 9.17) is 0 Å². The van der Waals surface area contributed by atoms with Gasteiger partial charge >= 0.3 is 6.03 Å². The van der Waals surface area contributed by atoms with Crippen molar-refractivity contribution in [2.24, 2.45) is 13.0 Å². The van der Waals surface area contributed by atoms with Gasteiger partial charge in [0, 0.05) is 18.3 Å². The molecule has 6 nitrogen and oxygen atoms in total. The van der Waals surface area contributed by atoms with Gasteiger partial charge in [0.05, 0.1) is 24.4 Å². The average molecular weight is 310 g/mol. The van der Waals surface area contributed by atoms with E-state index in [9.17, 15) is 9.90 Å². The molecule has 0 spiro atoms. The molecule has 0 aromatic carbocycles. The van der Waals surface area contributed by atoms with Gasteiger partial charge in [-0.05, 0) is 32.6 Å². The fourth-order valence-electron chi connectivity index (χ4n) is 2.81. The van der Waals surface area contributed by atoms with Crippen molar-refractivity contribution < 1.29 is 9.90 Å². The fraction of sp³-hybridized carbons (Fsp3) is 0.750. The molecule has 0 saturated carbocycles. The van der Waals surface area contributed by atoms with E-state index in [1.807, 2.05) is 32.5 Å². The van der Waals surface area contributed by atoms with E-state index in [1.54, 1.807) is 0 Å². The minimum atomic E-state index is -0.241. The van der Waals surface area contributed by atoms with Gasteiger partial charge in [0.25, 0.3) is 0 Å². The maximum atomic E-state index is 12.2. The molecular weight excluding hydrogens is 280 g/mol. The van der Waals surface area contributed by atoms with Crippen molar-refractivity contribution in [3.8, 4) is 0 Å². The van der Waals surface area contributed by atoms with Crippen molar-refractivity contribution in [1.82, 2.24) is 20.4 Å². The summed E-state index contributed by atoms with van der Waals surface area (Å²) in [5, 5.41) is 19.6. The van der Waals surface area contributed by atoms with E-state index in [0.29, 0.717) is 5.92 Å². The highest BCUT2D eigenvalue weighted by Crippen LogP contribution is 2.23. The molecule has 0 bridgehead atoms. The number of hydrogen-bond acceptors (Lipinski definition) is 3. The molecule has 2 unspecified atom stereocenters. The second kappa shape index (κ2) is 8.17. The Morgan fingerprint density at radius 3 is 2.36 bits per heavy atom. The van der Waals surface area contributed by atoms with Crippen LogP contribution in [-0.2, 0) is 7.05 Å². The zero-order valence-corrected chi connectivity index (χ0v) is 14.6. The second-order valence-corrected chi connectivity index (χ2v) is 6.30. The van der Waals surface area contributed by atoms with Crippen LogP contribution in [0.5, 0.6) is 0 Å². The lowest BCUT2D eigenvalue weighted by molar-refractivity contribution is 0.204. The molecule has 0 radical (unpaired) electrons. The first-order valence-corrected chi connectivity index (χ1v) is 7.98. The Morgan fingerprint density at radius 1 is 1.32 bits per heavy atom. The second-order valence-electron chi connectivity index (χ2n) is 6.30. The van der Waals surface area contributed by atoms with Crippen LogP contribution in [-0.4, -0.2) is 33.6 Å². The van der Waals surface area contributed by atoms with Gasteiger partial charge in [0.15, 0.2) is 0 Å². The van der Waals surface area contributed by atoms with E-state index >= 15 is 0 Å². The van der Waals surface area contributed by atoms with E-state index in [0.717, 1.165) is 29.8 Å². The van der Waals surface area contributed by atoms with Crippen LogP contribution >= 0.6 is 0 Å². The summed E-state index contributed by atoms with van der Waals surface area (Å²) in [5.41, 5.74) is 3.07. The van der Waals surface area contributed by atoms with Gasteiger partial charge in [-0.3, -0.25) is 4.68 Å². The number of nitrogens with one attached hydrogen (secondary N) is 2. The molecule has 0 fully saturated rings. The lowest BCUT2D eigenvalue weighted by Crippen LogP contribution is -2.45. The summed E-state index contributed by atoms with van der Waals surface area (Å²) in [7, 11) is 1.91. The topological polar surface area (TPSA) is 79.2 Å². The van der Waals surface area contributed by atoms with Gasteiger partial charge < -0.3 is 15.7 Å². The Bertz CT molecular complexity index is 497. The number of aliphatic hydroxyl groups is 1. The first-order chi connectivity index (χ1) is 10.3. The van der Waals surface area contributed by atoms with Crippen LogP contribution in [0.2, 0.25) is 0 Å². The molecule has 22 heavy (non-hydrogen) atoms. The van der Waals surface area contributed by atoms with Crippen LogP contribution in [0.25, 0.3) is 0 Å². The van der Waals surface area contributed by atoms with Crippen molar-refractivity contribution in [3.05, 3.63) is 17.0 Å². The lowest BCUT2D eigenvalue weighted by Gasteiger charge is -2.22. The first-order valence-electron chi connectivity index (χ1n) is 7.98. The molecule has 0 saturated heterocycles. The van der Waals surface area contributed by atoms with Crippen LogP contribution in [0.15, 0.2) is 0 Å². The number of carbonyl (C=O) groups excluding carboxylic acids is 1. The minimum absolute atomic E-state index is 0.0483. The average Bonchev–Trinajstić information content (AvgIpc) is 2.68. The van der Waals surface area contributed by atoms with Crippen molar-refractivity contribution in [2.45, 2.75) is 59.5 Å². The largest absolute Gasteiger partial charge is 0.394 e.